The van der Waals surface area contributed by atoms with Crippen LogP contribution in [0.25, 0.3) is 0 Å². The number of rotatable bonds is 2. The highest BCUT2D eigenvalue weighted by atomic mass is 32.1. The van der Waals surface area contributed by atoms with Gasteiger partial charge in [-0.15, -0.1) is 0 Å². The second-order valence-corrected chi connectivity index (χ2v) is 3.02. The molecule has 0 bridgehead atoms. The van der Waals surface area contributed by atoms with Crippen LogP contribution in [0.2, 0.25) is 0 Å². The first-order valence-electron chi connectivity index (χ1n) is 3.73. The summed E-state index contributed by atoms with van der Waals surface area (Å²) >= 11 is 3.88. The molecule has 0 aromatic carbocycles. The molecule has 58 valence electrons. The van der Waals surface area contributed by atoms with Gasteiger partial charge in [-0.25, -0.2) is 0 Å². The maximum atomic E-state index is 10.8. The molecule has 0 aromatic rings. The molecule has 2 nitrogen and oxygen atoms in total. The third-order valence-electron chi connectivity index (χ3n) is 1.86. The van der Waals surface area contributed by atoms with E-state index in [9.17, 15) is 4.79 Å². The Bertz CT molecular complexity index is 121. The van der Waals surface area contributed by atoms with Crippen molar-refractivity contribution in [2.24, 2.45) is 0 Å². The molecular formula is C7H13NOS. The molecule has 1 aliphatic rings. The maximum absolute atomic E-state index is 10.8. The fourth-order valence-corrected chi connectivity index (χ4v) is 1.43. The molecule has 10 heavy (non-hydrogen) atoms. The van der Waals surface area contributed by atoms with Crippen LogP contribution in [0.15, 0.2) is 0 Å². The van der Waals surface area contributed by atoms with E-state index in [1.807, 2.05) is 0 Å². The van der Waals surface area contributed by atoms with Crippen molar-refractivity contribution in [2.75, 3.05) is 5.75 Å². The van der Waals surface area contributed by atoms with Gasteiger partial charge in [0.15, 0.2) is 0 Å². The smallest absolute Gasteiger partial charge is 0.229 e. The summed E-state index contributed by atoms with van der Waals surface area (Å²) in [6.45, 7) is 0. The van der Waals surface area contributed by atoms with Crippen LogP contribution < -0.4 is 5.32 Å². The zero-order chi connectivity index (χ0) is 7.40. The number of hydrogen-bond acceptors (Lipinski definition) is 2. The number of carbonyl (C=O) groups is 1. The van der Waals surface area contributed by atoms with Gasteiger partial charge in [0.25, 0.3) is 0 Å². The van der Waals surface area contributed by atoms with Gasteiger partial charge < -0.3 is 5.32 Å². The van der Waals surface area contributed by atoms with Gasteiger partial charge in [-0.3, -0.25) is 4.79 Å². The summed E-state index contributed by atoms with van der Waals surface area (Å²) in [5.41, 5.74) is 0. The van der Waals surface area contributed by atoms with E-state index in [-0.39, 0.29) is 5.91 Å². The zero-order valence-corrected chi connectivity index (χ0v) is 6.86. The normalized spacial score (nSPS) is 19.3. The van der Waals surface area contributed by atoms with Gasteiger partial charge in [0.2, 0.25) is 5.91 Å². The minimum Gasteiger partial charge on any atom is -0.353 e. The van der Waals surface area contributed by atoms with Crippen LogP contribution in [0.3, 0.4) is 0 Å². The second kappa shape index (κ2) is 3.86. The van der Waals surface area contributed by atoms with Crippen LogP contribution in [-0.2, 0) is 4.79 Å². The summed E-state index contributed by atoms with van der Waals surface area (Å²) in [6, 6.07) is 0.444. The predicted octanol–water partition coefficient (Wildman–Crippen LogP) is 0.975. The highest BCUT2D eigenvalue weighted by Crippen LogP contribution is 2.17. The van der Waals surface area contributed by atoms with Gasteiger partial charge in [0, 0.05) is 6.04 Å². The molecule has 1 aliphatic carbocycles. The summed E-state index contributed by atoms with van der Waals surface area (Å²) in [4.78, 5) is 10.8. The minimum absolute atomic E-state index is 0.0650. The molecule has 3 heteroatoms. The largest absolute Gasteiger partial charge is 0.353 e. The molecule has 0 radical (unpaired) electrons. The molecule has 1 rings (SSSR count). The van der Waals surface area contributed by atoms with E-state index in [0.29, 0.717) is 11.8 Å². The third-order valence-corrected chi connectivity index (χ3v) is 2.15. The lowest BCUT2D eigenvalue weighted by Crippen LogP contribution is -2.33. The van der Waals surface area contributed by atoms with E-state index in [1.54, 1.807) is 0 Å². The molecular weight excluding hydrogens is 146 g/mol. The molecule has 1 saturated carbocycles. The number of hydrogen-bond donors (Lipinski definition) is 2. The van der Waals surface area contributed by atoms with Crippen molar-refractivity contribution in [1.29, 1.82) is 0 Å². The Morgan fingerprint density at radius 2 is 2.10 bits per heavy atom. The van der Waals surface area contributed by atoms with Crippen molar-refractivity contribution in [1.82, 2.24) is 5.32 Å². The number of carbonyl (C=O) groups excluding carboxylic acids is 1. The lowest BCUT2D eigenvalue weighted by atomic mass is 10.2. The maximum Gasteiger partial charge on any atom is 0.229 e. The fraction of sp³-hybridized carbons (Fsp3) is 0.857. The molecule has 1 fully saturated rings. The van der Waals surface area contributed by atoms with Crippen LogP contribution in [0, 0.1) is 0 Å². The average molecular weight is 159 g/mol. The monoisotopic (exact) mass is 159 g/mol. The number of nitrogens with one attached hydrogen (secondary N) is 1. The molecule has 0 aliphatic heterocycles. The molecule has 0 spiro atoms. The molecule has 0 aromatic heterocycles. The van der Waals surface area contributed by atoms with Crippen LogP contribution in [0.1, 0.15) is 25.7 Å². The van der Waals surface area contributed by atoms with Gasteiger partial charge in [0.05, 0.1) is 5.75 Å². The summed E-state index contributed by atoms with van der Waals surface area (Å²) in [5.74, 6) is 0.381. The van der Waals surface area contributed by atoms with Crippen molar-refractivity contribution in [2.45, 2.75) is 31.7 Å². The van der Waals surface area contributed by atoms with Gasteiger partial charge in [0.1, 0.15) is 0 Å². The Morgan fingerprint density at radius 1 is 1.50 bits per heavy atom. The molecule has 1 N–H and O–H groups in total. The molecule has 0 saturated heterocycles. The molecule has 0 heterocycles. The molecule has 0 atom stereocenters. The lowest BCUT2D eigenvalue weighted by Gasteiger charge is -2.09. The average Bonchev–Trinajstić information content (AvgIpc) is 2.40. The highest BCUT2D eigenvalue weighted by Gasteiger charge is 2.15. The van der Waals surface area contributed by atoms with Crippen LogP contribution in [-0.4, -0.2) is 17.7 Å². The van der Waals surface area contributed by atoms with Crippen LogP contribution in [0.5, 0.6) is 0 Å². The number of amides is 1. The highest BCUT2D eigenvalue weighted by molar-refractivity contribution is 7.81. The minimum atomic E-state index is 0.0650. The van der Waals surface area contributed by atoms with Gasteiger partial charge in [-0.1, -0.05) is 12.8 Å². The summed E-state index contributed by atoms with van der Waals surface area (Å²) < 4.78 is 0. The Hall–Kier alpha value is -0.180. The van der Waals surface area contributed by atoms with E-state index in [2.05, 4.69) is 17.9 Å². The zero-order valence-electron chi connectivity index (χ0n) is 5.97. The first kappa shape index (κ1) is 7.92. The number of thiol groups is 1. The lowest BCUT2D eigenvalue weighted by molar-refractivity contribution is -0.119. The quantitative estimate of drug-likeness (QED) is 0.578. The second-order valence-electron chi connectivity index (χ2n) is 2.71. The molecule has 1 amide bonds. The van der Waals surface area contributed by atoms with E-state index < -0.39 is 0 Å². The molecule has 0 unspecified atom stereocenters. The first-order chi connectivity index (χ1) is 4.83. The summed E-state index contributed by atoms with van der Waals surface area (Å²) in [5, 5.41) is 2.91. The van der Waals surface area contributed by atoms with Crippen molar-refractivity contribution < 1.29 is 4.79 Å². The Labute approximate surface area is 66.8 Å². The summed E-state index contributed by atoms with van der Waals surface area (Å²) in [7, 11) is 0. The van der Waals surface area contributed by atoms with Crippen molar-refractivity contribution in [3.8, 4) is 0 Å². The third kappa shape index (κ3) is 2.21. The van der Waals surface area contributed by atoms with Gasteiger partial charge in [-0.05, 0) is 12.8 Å². The van der Waals surface area contributed by atoms with Crippen LogP contribution in [0.4, 0.5) is 0 Å². The van der Waals surface area contributed by atoms with Crippen molar-refractivity contribution >= 4 is 18.5 Å². The van der Waals surface area contributed by atoms with E-state index in [4.69, 9.17) is 0 Å². The Balaban J connectivity index is 2.17. The topological polar surface area (TPSA) is 29.1 Å². The van der Waals surface area contributed by atoms with Crippen molar-refractivity contribution in [3.05, 3.63) is 0 Å². The van der Waals surface area contributed by atoms with Crippen molar-refractivity contribution in [3.63, 3.8) is 0 Å². The van der Waals surface area contributed by atoms with E-state index in [0.717, 1.165) is 12.8 Å². The fourth-order valence-electron chi connectivity index (χ4n) is 1.34. The Kier molecular flexibility index (Phi) is 3.06. The van der Waals surface area contributed by atoms with E-state index >= 15 is 0 Å². The van der Waals surface area contributed by atoms with Crippen LogP contribution >= 0.6 is 12.6 Å². The summed E-state index contributed by atoms with van der Waals surface area (Å²) in [6.07, 6.45) is 4.83. The Morgan fingerprint density at radius 3 is 2.60 bits per heavy atom. The first-order valence-corrected chi connectivity index (χ1v) is 4.36. The predicted molar refractivity (Wildman–Crippen MR) is 44.3 cm³/mol. The van der Waals surface area contributed by atoms with E-state index in [1.165, 1.54) is 12.8 Å². The van der Waals surface area contributed by atoms with Gasteiger partial charge in [-0.2, -0.15) is 12.6 Å². The standard InChI is InChI=1S/C7H13NOS/c9-7(5-10)8-6-3-1-2-4-6/h6,10H,1-5H2,(H,8,9). The SMILES string of the molecule is O=C(CS)NC1CCCC1. The van der Waals surface area contributed by atoms with Gasteiger partial charge >= 0.3 is 0 Å².